The summed E-state index contributed by atoms with van der Waals surface area (Å²) in [7, 11) is 0. The van der Waals surface area contributed by atoms with Crippen LogP contribution in [-0.2, 0) is 20.9 Å². The first-order valence-electron chi connectivity index (χ1n) is 6.61. The van der Waals surface area contributed by atoms with Gasteiger partial charge < -0.3 is 20.7 Å². The number of ether oxygens (including phenoxy) is 1. The van der Waals surface area contributed by atoms with Gasteiger partial charge >= 0.3 is 0 Å². The molecular formula is C14H19N3O3. The van der Waals surface area contributed by atoms with Gasteiger partial charge in [-0.15, -0.1) is 0 Å². The third-order valence-corrected chi connectivity index (χ3v) is 3.14. The molecule has 0 spiro atoms. The molecule has 1 aromatic rings. The lowest BCUT2D eigenvalue weighted by Crippen LogP contribution is -2.56. The molecule has 1 aromatic carbocycles. The van der Waals surface area contributed by atoms with E-state index in [4.69, 9.17) is 10.5 Å². The van der Waals surface area contributed by atoms with Crippen molar-refractivity contribution < 1.29 is 14.3 Å². The van der Waals surface area contributed by atoms with Crippen LogP contribution < -0.4 is 11.1 Å². The van der Waals surface area contributed by atoms with Crippen LogP contribution in [-0.4, -0.2) is 49.1 Å². The largest absolute Gasteiger partial charge is 0.369 e. The molecule has 3 N–H and O–H groups in total. The smallest absolute Gasteiger partial charge is 0.249 e. The van der Waals surface area contributed by atoms with Crippen LogP contribution in [0.5, 0.6) is 0 Å². The molecule has 0 radical (unpaired) electrons. The van der Waals surface area contributed by atoms with E-state index < -0.39 is 6.04 Å². The Labute approximate surface area is 117 Å². The van der Waals surface area contributed by atoms with Gasteiger partial charge in [0, 0.05) is 19.6 Å². The highest BCUT2D eigenvalue weighted by Gasteiger charge is 2.33. The monoisotopic (exact) mass is 277 g/mol. The first kappa shape index (κ1) is 14.5. The average Bonchev–Trinajstić information content (AvgIpc) is 2.48. The molecule has 1 aliphatic heterocycles. The predicted octanol–water partition coefficient (Wildman–Crippen LogP) is -0.511. The van der Waals surface area contributed by atoms with Crippen molar-refractivity contribution in [3.05, 3.63) is 35.9 Å². The lowest BCUT2D eigenvalue weighted by molar-refractivity contribution is -0.155. The molecule has 1 fully saturated rings. The van der Waals surface area contributed by atoms with Gasteiger partial charge in [0.1, 0.15) is 12.6 Å². The Morgan fingerprint density at radius 2 is 2.15 bits per heavy atom. The fourth-order valence-electron chi connectivity index (χ4n) is 2.11. The van der Waals surface area contributed by atoms with Crippen molar-refractivity contribution >= 4 is 11.8 Å². The van der Waals surface area contributed by atoms with Crippen LogP contribution in [0.15, 0.2) is 30.3 Å². The highest BCUT2D eigenvalue weighted by molar-refractivity contribution is 5.89. The summed E-state index contributed by atoms with van der Waals surface area (Å²) in [6.07, 6.45) is 0. The van der Waals surface area contributed by atoms with Gasteiger partial charge in [-0.2, -0.15) is 0 Å². The Balaban J connectivity index is 2.08. The minimum Gasteiger partial charge on any atom is -0.369 e. The molecule has 1 heterocycles. The van der Waals surface area contributed by atoms with E-state index in [1.165, 1.54) is 0 Å². The van der Waals surface area contributed by atoms with E-state index >= 15 is 0 Å². The number of amides is 2. The Morgan fingerprint density at radius 3 is 2.85 bits per heavy atom. The van der Waals surface area contributed by atoms with E-state index in [1.54, 1.807) is 4.90 Å². The van der Waals surface area contributed by atoms with Gasteiger partial charge in [-0.25, -0.2) is 0 Å². The van der Waals surface area contributed by atoms with Crippen molar-refractivity contribution in [1.29, 1.82) is 0 Å². The van der Waals surface area contributed by atoms with Gasteiger partial charge in [-0.1, -0.05) is 30.3 Å². The molecule has 2 rings (SSSR count). The number of nitrogens with one attached hydrogen (secondary N) is 1. The van der Waals surface area contributed by atoms with Crippen LogP contribution in [0.25, 0.3) is 0 Å². The average molecular weight is 277 g/mol. The summed E-state index contributed by atoms with van der Waals surface area (Å²) in [6, 6.07) is 8.99. The summed E-state index contributed by atoms with van der Waals surface area (Å²) in [5.41, 5.74) is 6.35. The van der Waals surface area contributed by atoms with Crippen LogP contribution in [0, 0.1) is 0 Å². The SMILES string of the molecule is NCCNC(=O)[C@H]1COCC(=O)N1Cc1ccccc1. The summed E-state index contributed by atoms with van der Waals surface area (Å²) < 4.78 is 5.18. The molecule has 0 aliphatic carbocycles. The third-order valence-electron chi connectivity index (χ3n) is 3.14. The van der Waals surface area contributed by atoms with Crippen molar-refractivity contribution in [2.45, 2.75) is 12.6 Å². The Morgan fingerprint density at radius 1 is 1.40 bits per heavy atom. The minimum absolute atomic E-state index is 0.0213. The summed E-state index contributed by atoms with van der Waals surface area (Å²) in [4.78, 5) is 25.6. The molecule has 0 aromatic heterocycles. The zero-order valence-electron chi connectivity index (χ0n) is 11.2. The zero-order chi connectivity index (χ0) is 14.4. The Kier molecular flexibility index (Phi) is 5.09. The van der Waals surface area contributed by atoms with Crippen LogP contribution in [0.1, 0.15) is 5.56 Å². The number of hydrogen-bond donors (Lipinski definition) is 2. The van der Waals surface area contributed by atoms with Crippen molar-refractivity contribution in [3.63, 3.8) is 0 Å². The zero-order valence-corrected chi connectivity index (χ0v) is 11.2. The second-order valence-electron chi connectivity index (χ2n) is 4.62. The van der Waals surface area contributed by atoms with Gasteiger partial charge in [0.15, 0.2) is 0 Å². The summed E-state index contributed by atoms with van der Waals surface area (Å²) in [5, 5.41) is 2.70. The lowest BCUT2D eigenvalue weighted by Gasteiger charge is -2.34. The highest BCUT2D eigenvalue weighted by Crippen LogP contribution is 2.13. The number of hydrogen-bond acceptors (Lipinski definition) is 4. The van der Waals surface area contributed by atoms with Crippen LogP contribution in [0.3, 0.4) is 0 Å². The fourth-order valence-corrected chi connectivity index (χ4v) is 2.11. The van der Waals surface area contributed by atoms with E-state index in [2.05, 4.69) is 5.32 Å². The van der Waals surface area contributed by atoms with E-state index in [0.29, 0.717) is 19.6 Å². The minimum atomic E-state index is -0.594. The van der Waals surface area contributed by atoms with Crippen LogP contribution in [0.4, 0.5) is 0 Å². The standard InChI is InChI=1S/C14H19N3O3/c15-6-7-16-14(19)12-9-20-10-13(18)17(12)8-11-4-2-1-3-5-11/h1-5,12H,6-10,15H2,(H,16,19)/t12-/m1/s1. The van der Waals surface area contributed by atoms with Crippen molar-refractivity contribution in [2.75, 3.05) is 26.3 Å². The number of carbonyl (C=O) groups is 2. The number of morpholine rings is 1. The first-order chi connectivity index (χ1) is 9.72. The lowest BCUT2D eigenvalue weighted by atomic mass is 10.1. The van der Waals surface area contributed by atoms with Crippen LogP contribution in [0.2, 0.25) is 0 Å². The quantitative estimate of drug-likeness (QED) is 0.759. The summed E-state index contributed by atoms with van der Waals surface area (Å²) >= 11 is 0. The molecular weight excluding hydrogens is 258 g/mol. The number of nitrogens with two attached hydrogens (primary N) is 1. The highest BCUT2D eigenvalue weighted by atomic mass is 16.5. The third kappa shape index (κ3) is 3.55. The van der Waals surface area contributed by atoms with E-state index in [0.717, 1.165) is 5.56 Å². The summed E-state index contributed by atoms with van der Waals surface area (Å²) in [5.74, 6) is -0.396. The van der Waals surface area contributed by atoms with Gasteiger partial charge in [-0.05, 0) is 5.56 Å². The molecule has 0 saturated carbocycles. The number of benzene rings is 1. The molecule has 1 saturated heterocycles. The molecule has 0 unspecified atom stereocenters. The Hall–Kier alpha value is -1.92. The summed E-state index contributed by atoms with van der Waals surface area (Å²) in [6.45, 7) is 1.40. The van der Waals surface area contributed by atoms with E-state index in [-0.39, 0.29) is 25.0 Å². The maximum absolute atomic E-state index is 12.1. The normalized spacial score (nSPS) is 18.9. The molecule has 6 heteroatoms. The van der Waals surface area contributed by atoms with Gasteiger partial charge in [-0.3, -0.25) is 9.59 Å². The van der Waals surface area contributed by atoms with Crippen molar-refractivity contribution in [1.82, 2.24) is 10.2 Å². The molecule has 6 nitrogen and oxygen atoms in total. The number of rotatable bonds is 5. The molecule has 1 aliphatic rings. The number of nitrogens with zero attached hydrogens (tertiary/aromatic N) is 1. The first-order valence-corrected chi connectivity index (χ1v) is 6.61. The fraction of sp³-hybridized carbons (Fsp3) is 0.429. The molecule has 2 amide bonds. The van der Waals surface area contributed by atoms with Crippen molar-refractivity contribution in [2.24, 2.45) is 5.73 Å². The maximum Gasteiger partial charge on any atom is 0.249 e. The molecule has 108 valence electrons. The van der Waals surface area contributed by atoms with E-state index in [1.807, 2.05) is 30.3 Å². The maximum atomic E-state index is 12.1. The molecule has 20 heavy (non-hydrogen) atoms. The van der Waals surface area contributed by atoms with E-state index in [9.17, 15) is 9.59 Å². The second-order valence-corrected chi connectivity index (χ2v) is 4.62. The van der Waals surface area contributed by atoms with Gasteiger partial charge in [0.05, 0.1) is 6.61 Å². The molecule has 0 bridgehead atoms. The van der Waals surface area contributed by atoms with Crippen LogP contribution >= 0.6 is 0 Å². The Bertz CT molecular complexity index is 464. The topological polar surface area (TPSA) is 84.7 Å². The van der Waals surface area contributed by atoms with Crippen molar-refractivity contribution in [3.8, 4) is 0 Å². The second kappa shape index (κ2) is 7.02. The van der Waals surface area contributed by atoms with Gasteiger partial charge in [0.2, 0.25) is 11.8 Å². The molecule has 1 atom stereocenters. The van der Waals surface area contributed by atoms with Gasteiger partial charge in [0.25, 0.3) is 0 Å². The predicted molar refractivity (Wildman–Crippen MR) is 73.7 cm³/mol. The number of carbonyl (C=O) groups excluding carboxylic acids is 2.